The smallest absolute Gasteiger partial charge is 0.343 e. The van der Waals surface area contributed by atoms with E-state index in [9.17, 15) is 14.4 Å². The number of benzene rings is 2. The monoisotopic (exact) mass is 560 g/mol. The van der Waals surface area contributed by atoms with Gasteiger partial charge in [-0.05, 0) is 79.9 Å². The molecule has 0 spiro atoms. The largest absolute Gasteiger partial charge is 0.494 e. The van der Waals surface area contributed by atoms with Crippen molar-refractivity contribution in [3.05, 3.63) is 109 Å². The molecule has 0 saturated heterocycles. The van der Waals surface area contributed by atoms with Gasteiger partial charge in [0.25, 0.3) is 0 Å². The van der Waals surface area contributed by atoms with E-state index in [2.05, 4.69) is 13.2 Å². The Kier molecular flexibility index (Phi) is 12.0. The number of carbonyl (C=O) groups is 3. The molecular formula is C33H36O8. The Hall–Kier alpha value is -4.59. The molecular weight excluding hydrogens is 524 g/mol. The summed E-state index contributed by atoms with van der Waals surface area (Å²) < 4.78 is 27.3. The van der Waals surface area contributed by atoms with Crippen LogP contribution in [0.15, 0.2) is 97.5 Å². The normalized spacial score (nSPS) is 16.2. The van der Waals surface area contributed by atoms with Gasteiger partial charge in [-0.15, -0.1) is 0 Å². The average Bonchev–Trinajstić information content (AvgIpc) is 3.82. The summed E-state index contributed by atoms with van der Waals surface area (Å²) in [5.74, 6) is 1.06. The summed E-state index contributed by atoms with van der Waals surface area (Å²) in [6, 6.07) is 13.4. The van der Waals surface area contributed by atoms with Crippen LogP contribution in [0.2, 0.25) is 0 Å². The molecule has 2 aromatic carbocycles. The Bertz CT molecular complexity index is 1270. The van der Waals surface area contributed by atoms with Crippen LogP contribution >= 0.6 is 0 Å². The highest BCUT2D eigenvalue weighted by molar-refractivity contribution is 5.91. The van der Waals surface area contributed by atoms with Crippen LogP contribution in [-0.4, -0.2) is 37.7 Å². The van der Waals surface area contributed by atoms with Gasteiger partial charge in [-0.3, -0.25) is 0 Å². The number of hydrogen-bond acceptors (Lipinski definition) is 8. The third kappa shape index (κ3) is 9.24. The first kappa shape index (κ1) is 30.9. The molecule has 8 nitrogen and oxygen atoms in total. The second kappa shape index (κ2) is 15.9. The standard InChI is InChI=1S/C31H30O8.C2H6/c1-3-17-35-23-11-7-21(8-12-23)30(33)38-27-15-16-28(26-20-25(26)27)39-31(34)22-9-13-24(14-10-22)36-18-5-6-19-37-29(32)4-2;1-2/h3-4,7-16,25-26H,1-2,5-6,17-20H2;1-2H3. The van der Waals surface area contributed by atoms with Gasteiger partial charge in [0.1, 0.15) is 29.6 Å². The molecule has 41 heavy (non-hydrogen) atoms. The fraction of sp³-hybridized carbons (Fsp3) is 0.303. The lowest BCUT2D eigenvalue weighted by Crippen LogP contribution is -2.12. The zero-order chi connectivity index (χ0) is 29.6. The van der Waals surface area contributed by atoms with Gasteiger partial charge in [-0.2, -0.15) is 0 Å². The maximum atomic E-state index is 12.7. The van der Waals surface area contributed by atoms with Crippen LogP contribution in [-0.2, 0) is 19.0 Å². The number of allylic oxidation sites excluding steroid dienone is 4. The molecule has 0 bridgehead atoms. The molecule has 0 aliphatic heterocycles. The maximum absolute atomic E-state index is 12.7. The van der Waals surface area contributed by atoms with Gasteiger partial charge in [0.05, 0.1) is 24.3 Å². The highest BCUT2D eigenvalue weighted by Crippen LogP contribution is 2.52. The molecule has 2 unspecified atom stereocenters. The van der Waals surface area contributed by atoms with Crippen molar-refractivity contribution in [3.63, 3.8) is 0 Å². The molecule has 0 aromatic heterocycles. The van der Waals surface area contributed by atoms with Crippen molar-refractivity contribution >= 4 is 17.9 Å². The number of carbonyl (C=O) groups excluding carboxylic acids is 3. The van der Waals surface area contributed by atoms with Crippen molar-refractivity contribution in [2.24, 2.45) is 11.8 Å². The van der Waals surface area contributed by atoms with E-state index in [0.717, 1.165) is 12.5 Å². The number of fused-ring (bicyclic) bond motifs is 1. The van der Waals surface area contributed by atoms with Gasteiger partial charge in [-0.25, -0.2) is 14.4 Å². The van der Waals surface area contributed by atoms with Crippen molar-refractivity contribution in [2.45, 2.75) is 33.1 Å². The first-order chi connectivity index (χ1) is 20.0. The summed E-state index contributed by atoms with van der Waals surface area (Å²) in [5.41, 5.74) is 0.820. The molecule has 2 aliphatic carbocycles. The molecule has 2 aromatic rings. The summed E-state index contributed by atoms with van der Waals surface area (Å²) in [5, 5.41) is 0. The molecule has 1 fully saturated rings. The zero-order valence-corrected chi connectivity index (χ0v) is 23.5. The minimum absolute atomic E-state index is 0.00443. The molecule has 1 saturated carbocycles. The summed E-state index contributed by atoms with van der Waals surface area (Å²) in [6.45, 7) is 12.1. The number of rotatable bonds is 14. The van der Waals surface area contributed by atoms with Crippen LogP contribution < -0.4 is 9.47 Å². The average molecular weight is 561 g/mol. The van der Waals surface area contributed by atoms with Gasteiger partial charge in [0, 0.05) is 17.9 Å². The molecule has 0 N–H and O–H groups in total. The van der Waals surface area contributed by atoms with E-state index < -0.39 is 17.9 Å². The first-order valence-corrected chi connectivity index (χ1v) is 13.7. The predicted octanol–water partition coefficient (Wildman–Crippen LogP) is 6.60. The Morgan fingerprint density at radius 1 is 0.756 bits per heavy atom. The highest BCUT2D eigenvalue weighted by atomic mass is 16.5. The van der Waals surface area contributed by atoms with Crippen molar-refractivity contribution < 1.29 is 38.1 Å². The van der Waals surface area contributed by atoms with Gasteiger partial charge in [-0.1, -0.05) is 33.1 Å². The lowest BCUT2D eigenvalue weighted by Gasteiger charge is -2.15. The maximum Gasteiger partial charge on any atom is 0.343 e. The van der Waals surface area contributed by atoms with Gasteiger partial charge >= 0.3 is 17.9 Å². The van der Waals surface area contributed by atoms with Crippen LogP contribution in [0.4, 0.5) is 0 Å². The quantitative estimate of drug-likeness (QED) is 0.0839. The van der Waals surface area contributed by atoms with E-state index in [1.54, 1.807) is 66.8 Å². The molecule has 4 rings (SSSR count). The molecule has 8 heteroatoms. The Morgan fingerprint density at radius 2 is 1.24 bits per heavy atom. The van der Waals surface area contributed by atoms with Gasteiger partial charge in [0.2, 0.25) is 0 Å². The van der Waals surface area contributed by atoms with Crippen molar-refractivity contribution in [3.8, 4) is 11.5 Å². The van der Waals surface area contributed by atoms with E-state index in [1.807, 2.05) is 13.8 Å². The van der Waals surface area contributed by atoms with E-state index in [-0.39, 0.29) is 11.8 Å². The van der Waals surface area contributed by atoms with Crippen LogP contribution in [0, 0.1) is 11.8 Å². The Balaban J connectivity index is 0.00000226. The fourth-order valence-electron chi connectivity index (χ4n) is 3.94. The minimum atomic E-state index is -0.463. The minimum Gasteiger partial charge on any atom is -0.494 e. The SMILES string of the molecule is C=CCOc1ccc(C(=O)OC2=CC=C(OC(=O)c3ccc(OCCCCOC(=O)C=C)cc3)C3CC23)cc1.CC. The molecule has 2 atom stereocenters. The molecule has 0 heterocycles. The number of unbranched alkanes of at least 4 members (excludes halogenated alkanes) is 1. The summed E-state index contributed by atoms with van der Waals surface area (Å²) in [4.78, 5) is 36.2. The van der Waals surface area contributed by atoms with Gasteiger partial charge < -0.3 is 23.7 Å². The Labute approximate surface area is 240 Å². The first-order valence-electron chi connectivity index (χ1n) is 13.7. The van der Waals surface area contributed by atoms with Crippen LogP contribution in [0.1, 0.15) is 53.8 Å². The summed E-state index contributed by atoms with van der Waals surface area (Å²) in [7, 11) is 0. The van der Waals surface area contributed by atoms with E-state index in [4.69, 9.17) is 23.7 Å². The highest BCUT2D eigenvalue weighted by Gasteiger charge is 2.48. The molecule has 2 aliphatic rings. The molecule has 216 valence electrons. The van der Waals surface area contributed by atoms with Crippen LogP contribution in [0.5, 0.6) is 11.5 Å². The zero-order valence-electron chi connectivity index (χ0n) is 23.5. The summed E-state index contributed by atoms with van der Waals surface area (Å²) >= 11 is 0. The van der Waals surface area contributed by atoms with Crippen molar-refractivity contribution in [2.75, 3.05) is 19.8 Å². The van der Waals surface area contributed by atoms with Crippen molar-refractivity contribution in [1.82, 2.24) is 0 Å². The Morgan fingerprint density at radius 3 is 1.73 bits per heavy atom. The van der Waals surface area contributed by atoms with Crippen LogP contribution in [0.3, 0.4) is 0 Å². The second-order valence-electron chi connectivity index (χ2n) is 8.94. The number of esters is 3. The molecule has 0 radical (unpaired) electrons. The lowest BCUT2D eigenvalue weighted by molar-refractivity contribution is -0.137. The lowest BCUT2D eigenvalue weighted by atomic mass is 10.1. The van der Waals surface area contributed by atoms with E-state index in [1.165, 1.54) is 0 Å². The predicted molar refractivity (Wildman–Crippen MR) is 154 cm³/mol. The molecule has 0 amide bonds. The summed E-state index contributed by atoms with van der Waals surface area (Å²) in [6.07, 6.45) is 8.28. The second-order valence-corrected chi connectivity index (χ2v) is 8.94. The van der Waals surface area contributed by atoms with E-state index >= 15 is 0 Å². The number of hydrogen-bond donors (Lipinski definition) is 0. The van der Waals surface area contributed by atoms with E-state index in [0.29, 0.717) is 66.8 Å². The fourth-order valence-corrected chi connectivity index (χ4v) is 3.94. The van der Waals surface area contributed by atoms with Crippen LogP contribution in [0.25, 0.3) is 0 Å². The topological polar surface area (TPSA) is 97.4 Å². The third-order valence-corrected chi connectivity index (χ3v) is 6.12. The third-order valence-electron chi connectivity index (χ3n) is 6.12. The van der Waals surface area contributed by atoms with Crippen molar-refractivity contribution in [1.29, 1.82) is 0 Å². The van der Waals surface area contributed by atoms with Gasteiger partial charge in [0.15, 0.2) is 0 Å². The number of ether oxygens (including phenoxy) is 5.